The molecule has 1 aromatic carbocycles. The zero-order valence-corrected chi connectivity index (χ0v) is 25.6. The maximum atomic E-state index is 14.9. The van der Waals surface area contributed by atoms with Crippen LogP contribution in [-0.4, -0.2) is 82.7 Å². The number of fused-ring (bicyclic) bond motifs is 1. The van der Waals surface area contributed by atoms with Crippen LogP contribution in [0, 0.1) is 31.6 Å². The van der Waals surface area contributed by atoms with E-state index in [-0.39, 0.29) is 36.8 Å². The van der Waals surface area contributed by atoms with Crippen LogP contribution in [0.3, 0.4) is 0 Å². The molecule has 3 heterocycles. The van der Waals surface area contributed by atoms with Crippen LogP contribution < -0.4 is 4.90 Å². The molecule has 1 N–H and O–H groups in total. The summed E-state index contributed by atoms with van der Waals surface area (Å²) in [5.41, 5.74) is 0.697. The number of hydrogen-bond acceptors (Lipinski definition) is 5. The summed E-state index contributed by atoms with van der Waals surface area (Å²) >= 11 is 0. The van der Waals surface area contributed by atoms with Crippen molar-refractivity contribution in [3.8, 4) is 0 Å². The van der Waals surface area contributed by atoms with Gasteiger partial charge in [-0.25, -0.2) is 0 Å². The molecule has 0 saturated carbocycles. The molecule has 3 aliphatic heterocycles. The standard InChI is InChI=1S/C33H47N3O5/c1-9-16-34(8)29(38)26-27-30(39)36(24(20-37)18-21(4)5)28(33(27)15-14-32(26,11-3)41-33)31(40)35(17-10-2)25-19-22(6)12-13-23(25)7/h9-10,12-13,19,21,24,26-28,37H,1-2,11,14-18,20H2,3-8H3/t24-,26-,27+,28?,32+,33?/m1/s1. The number of aliphatic hydroxyl groups is 1. The number of likely N-dealkylation sites (N-methyl/N-ethyl adjacent to an activating group) is 1. The van der Waals surface area contributed by atoms with Crippen LogP contribution in [-0.2, 0) is 19.1 Å². The van der Waals surface area contributed by atoms with Crippen LogP contribution in [0.15, 0.2) is 43.5 Å². The molecular formula is C33H47N3O5. The van der Waals surface area contributed by atoms with E-state index in [2.05, 4.69) is 13.2 Å². The smallest absolute Gasteiger partial charge is 0.253 e. The third-order valence-corrected chi connectivity index (χ3v) is 9.48. The highest BCUT2D eigenvalue weighted by Crippen LogP contribution is 2.65. The Hall–Kier alpha value is -2.97. The fourth-order valence-electron chi connectivity index (χ4n) is 7.64. The molecule has 2 bridgehead atoms. The van der Waals surface area contributed by atoms with E-state index in [9.17, 15) is 19.5 Å². The normalized spacial score (nSPS) is 29.0. The highest BCUT2D eigenvalue weighted by Gasteiger charge is 2.79. The number of aliphatic hydroxyl groups excluding tert-OH is 1. The summed E-state index contributed by atoms with van der Waals surface area (Å²) in [4.78, 5) is 48.4. The van der Waals surface area contributed by atoms with Gasteiger partial charge in [0.2, 0.25) is 11.8 Å². The second-order valence-corrected chi connectivity index (χ2v) is 12.6. The van der Waals surface area contributed by atoms with Crippen LogP contribution in [0.2, 0.25) is 0 Å². The monoisotopic (exact) mass is 565 g/mol. The number of nitrogens with zero attached hydrogens (tertiary/aromatic N) is 3. The van der Waals surface area contributed by atoms with Crippen LogP contribution >= 0.6 is 0 Å². The molecule has 3 saturated heterocycles. The number of aryl methyl sites for hydroxylation is 2. The second-order valence-electron chi connectivity index (χ2n) is 12.6. The third kappa shape index (κ3) is 4.93. The first kappa shape index (κ1) is 31.0. The van der Waals surface area contributed by atoms with Crippen molar-refractivity contribution in [2.24, 2.45) is 17.8 Å². The first-order chi connectivity index (χ1) is 19.4. The Morgan fingerprint density at radius 3 is 2.44 bits per heavy atom. The van der Waals surface area contributed by atoms with Crippen LogP contribution in [0.25, 0.3) is 0 Å². The maximum Gasteiger partial charge on any atom is 0.253 e. The lowest BCUT2D eigenvalue weighted by Gasteiger charge is -2.40. The highest BCUT2D eigenvalue weighted by atomic mass is 16.5. The fraction of sp³-hybridized carbons (Fsp3) is 0.606. The average Bonchev–Trinajstić information content (AvgIpc) is 3.54. The van der Waals surface area contributed by atoms with E-state index in [4.69, 9.17) is 4.74 Å². The number of rotatable bonds is 12. The molecule has 3 amide bonds. The molecule has 4 rings (SSSR count). The SMILES string of the molecule is C=CCN(C)C(=O)[C@H]1[C@H]2C(=O)N([C@@H](CO)CC(C)C)C(C(=O)N(CC=C)c3cc(C)ccc3C)C23CC[C@]1(CC)O3. The Morgan fingerprint density at radius 1 is 1.17 bits per heavy atom. The van der Waals surface area contributed by atoms with Gasteiger partial charge in [-0.15, -0.1) is 13.2 Å². The van der Waals surface area contributed by atoms with Gasteiger partial charge < -0.3 is 24.5 Å². The fourth-order valence-corrected chi connectivity index (χ4v) is 7.64. The van der Waals surface area contributed by atoms with Crippen molar-refractivity contribution in [3.05, 3.63) is 54.6 Å². The van der Waals surface area contributed by atoms with Gasteiger partial charge in [0.1, 0.15) is 11.6 Å². The van der Waals surface area contributed by atoms with E-state index in [1.807, 2.05) is 52.8 Å². The lowest BCUT2D eigenvalue weighted by Crippen LogP contribution is -2.59. The van der Waals surface area contributed by atoms with Crippen LogP contribution in [0.5, 0.6) is 0 Å². The van der Waals surface area contributed by atoms with Crippen LogP contribution in [0.1, 0.15) is 57.6 Å². The van der Waals surface area contributed by atoms with Crippen molar-refractivity contribution < 1.29 is 24.2 Å². The Kier molecular flexibility index (Phi) is 8.86. The Morgan fingerprint density at radius 2 is 1.85 bits per heavy atom. The van der Waals surface area contributed by atoms with Crippen molar-refractivity contribution in [1.29, 1.82) is 0 Å². The number of benzene rings is 1. The van der Waals surface area contributed by atoms with Crippen molar-refractivity contribution in [2.45, 2.75) is 83.6 Å². The number of amides is 3. The summed E-state index contributed by atoms with van der Waals surface area (Å²) < 4.78 is 6.94. The first-order valence-electron chi connectivity index (χ1n) is 14.9. The topological polar surface area (TPSA) is 90.4 Å². The minimum Gasteiger partial charge on any atom is -0.394 e. The van der Waals surface area contributed by atoms with Crippen molar-refractivity contribution in [1.82, 2.24) is 9.80 Å². The third-order valence-electron chi connectivity index (χ3n) is 9.48. The summed E-state index contributed by atoms with van der Waals surface area (Å²) in [6, 6.07) is 4.40. The molecule has 8 heteroatoms. The van der Waals surface area contributed by atoms with Crippen molar-refractivity contribution in [3.63, 3.8) is 0 Å². The van der Waals surface area contributed by atoms with Gasteiger partial charge >= 0.3 is 0 Å². The summed E-state index contributed by atoms with van der Waals surface area (Å²) in [6.07, 6.45) is 5.51. The van der Waals surface area contributed by atoms with Gasteiger partial charge in [0.05, 0.1) is 30.1 Å². The lowest BCUT2D eigenvalue weighted by molar-refractivity contribution is -0.153. The Balaban J connectivity index is 1.91. The summed E-state index contributed by atoms with van der Waals surface area (Å²) in [5.74, 6) is -2.06. The van der Waals surface area contributed by atoms with Gasteiger partial charge in [-0.1, -0.05) is 45.1 Å². The highest BCUT2D eigenvalue weighted by molar-refractivity contribution is 6.05. The van der Waals surface area contributed by atoms with Gasteiger partial charge in [-0.3, -0.25) is 14.4 Å². The first-order valence-corrected chi connectivity index (χ1v) is 14.9. The number of anilines is 1. The largest absolute Gasteiger partial charge is 0.394 e. The molecule has 3 aliphatic rings. The second kappa shape index (κ2) is 11.7. The molecule has 0 radical (unpaired) electrons. The molecule has 0 aliphatic carbocycles. The predicted molar refractivity (Wildman–Crippen MR) is 160 cm³/mol. The van der Waals surface area contributed by atoms with E-state index in [1.165, 1.54) is 0 Å². The van der Waals surface area contributed by atoms with Gasteiger partial charge in [0, 0.05) is 25.8 Å². The maximum absolute atomic E-state index is 14.9. The minimum absolute atomic E-state index is 0.165. The molecule has 0 aromatic heterocycles. The lowest BCUT2D eigenvalue weighted by atomic mass is 9.64. The molecule has 1 spiro atoms. The van der Waals surface area contributed by atoms with Gasteiger partial charge in [-0.05, 0) is 62.6 Å². The molecular weight excluding hydrogens is 518 g/mol. The molecule has 224 valence electrons. The van der Waals surface area contributed by atoms with Crippen molar-refractivity contribution in [2.75, 3.05) is 31.6 Å². The molecule has 6 atom stereocenters. The summed E-state index contributed by atoms with van der Waals surface area (Å²) in [7, 11) is 1.72. The number of carbonyl (C=O) groups excluding carboxylic acids is 3. The quantitative estimate of drug-likeness (QED) is 0.387. The zero-order valence-electron chi connectivity index (χ0n) is 25.6. The molecule has 41 heavy (non-hydrogen) atoms. The molecule has 3 fully saturated rings. The predicted octanol–water partition coefficient (Wildman–Crippen LogP) is 4.03. The zero-order chi connectivity index (χ0) is 30.3. The van der Waals surface area contributed by atoms with Gasteiger partial charge in [0.15, 0.2) is 0 Å². The minimum atomic E-state index is -1.17. The van der Waals surface area contributed by atoms with E-state index < -0.39 is 35.1 Å². The van der Waals surface area contributed by atoms with E-state index in [0.717, 1.165) is 16.8 Å². The van der Waals surface area contributed by atoms with Gasteiger partial charge in [-0.2, -0.15) is 0 Å². The summed E-state index contributed by atoms with van der Waals surface area (Å²) in [5, 5.41) is 10.6. The number of ether oxygens (including phenoxy) is 1. The molecule has 1 aromatic rings. The Labute approximate surface area is 245 Å². The van der Waals surface area contributed by atoms with Crippen LogP contribution in [0.4, 0.5) is 5.69 Å². The Bertz CT molecular complexity index is 1210. The van der Waals surface area contributed by atoms with E-state index >= 15 is 0 Å². The molecule has 2 unspecified atom stereocenters. The summed E-state index contributed by atoms with van der Waals surface area (Å²) in [6.45, 7) is 18.0. The van der Waals surface area contributed by atoms with E-state index in [1.54, 1.807) is 33.9 Å². The number of hydrogen-bond donors (Lipinski definition) is 1. The number of carbonyl (C=O) groups is 3. The molecule has 8 nitrogen and oxygen atoms in total. The van der Waals surface area contributed by atoms with Gasteiger partial charge in [0.25, 0.3) is 5.91 Å². The van der Waals surface area contributed by atoms with E-state index in [0.29, 0.717) is 32.2 Å². The average molecular weight is 566 g/mol. The van der Waals surface area contributed by atoms with Crippen molar-refractivity contribution >= 4 is 23.4 Å². The number of likely N-dealkylation sites (tertiary alicyclic amines) is 1.